The number of hydrogen-bond acceptors (Lipinski definition) is 3. The third-order valence-electron chi connectivity index (χ3n) is 2.91. The third-order valence-corrected chi connectivity index (χ3v) is 4.30. The maximum atomic E-state index is 13.1. The van der Waals surface area contributed by atoms with E-state index in [1.807, 2.05) is 0 Å². The monoisotopic (exact) mass is 356 g/mol. The number of nitrogens with one attached hydrogen (secondary N) is 1. The van der Waals surface area contributed by atoms with Gasteiger partial charge in [0.25, 0.3) is 0 Å². The summed E-state index contributed by atoms with van der Waals surface area (Å²) in [5, 5.41) is 2.91. The molecule has 0 heterocycles. The summed E-state index contributed by atoms with van der Waals surface area (Å²) < 4.78 is 37.9. The molecule has 0 aromatic heterocycles. The molecule has 0 aliphatic heterocycles. The molecule has 2 aromatic carbocycles. The highest BCUT2D eigenvalue weighted by atomic mass is 35.5. The van der Waals surface area contributed by atoms with E-state index in [4.69, 9.17) is 11.6 Å². The number of amides is 1. The molecule has 0 unspecified atom stereocenters. The standard InChI is InChI=1S/C15H14ClFN2O3S/c1-23(21,22)19(14-7-5-11(16)6-8-14)10-15(20)18-13-4-2-3-12(17)9-13/h2-9H,10H2,1H3,(H,18,20). The van der Waals surface area contributed by atoms with E-state index >= 15 is 0 Å². The zero-order valence-corrected chi connectivity index (χ0v) is 13.7. The molecular weight excluding hydrogens is 343 g/mol. The van der Waals surface area contributed by atoms with Crippen LogP contribution in [0.2, 0.25) is 5.02 Å². The first-order chi connectivity index (χ1) is 10.8. The zero-order chi connectivity index (χ0) is 17.0. The maximum absolute atomic E-state index is 13.1. The molecule has 0 aliphatic carbocycles. The summed E-state index contributed by atoms with van der Waals surface area (Å²) in [4.78, 5) is 12.1. The first-order valence-electron chi connectivity index (χ1n) is 6.54. The molecule has 0 atom stereocenters. The molecule has 0 radical (unpaired) electrons. The second-order valence-corrected chi connectivity index (χ2v) is 7.15. The normalized spacial score (nSPS) is 11.1. The van der Waals surface area contributed by atoms with E-state index in [9.17, 15) is 17.6 Å². The highest BCUT2D eigenvalue weighted by molar-refractivity contribution is 7.92. The minimum atomic E-state index is -3.67. The van der Waals surface area contributed by atoms with Crippen molar-refractivity contribution in [2.75, 3.05) is 22.4 Å². The minimum absolute atomic E-state index is 0.250. The van der Waals surface area contributed by atoms with Crippen molar-refractivity contribution in [3.63, 3.8) is 0 Å². The molecule has 23 heavy (non-hydrogen) atoms. The predicted molar refractivity (Wildman–Crippen MR) is 88.7 cm³/mol. The summed E-state index contributed by atoms with van der Waals surface area (Å²) in [6.45, 7) is -0.434. The summed E-state index contributed by atoms with van der Waals surface area (Å²) in [7, 11) is -3.67. The summed E-state index contributed by atoms with van der Waals surface area (Å²) in [6.07, 6.45) is 0.997. The fourth-order valence-electron chi connectivity index (χ4n) is 1.90. The molecule has 0 spiro atoms. The number of carbonyl (C=O) groups is 1. The Hall–Kier alpha value is -2.12. The van der Waals surface area contributed by atoms with E-state index in [2.05, 4.69) is 5.32 Å². The number of hydrogen-bond donors (Lipinski definition) is 1. The van der Waals surface area contributed by atoms with Crippen molar-refractivity contribution < 1.29 is 17.6 Å². The van der Waals surface area contributed by atoms with E-state index in [1.165, 1.54) is 42.5 Å². The first-order valence-corrected chi connectivity index (χ1v) is 8.77. The van der Waals surface area contributed by atoms with E-state index in [0.29, 0.717) is 10.7 Å². The summed E-state index contributed by atoms with van der Waals surface area (Å²) in [5.74, 6) is -1.09. The van der Waals surface area contributed by atoms with Crippen LogP contribution in [-0.2, 0) is 14.8 Å². The van der Waals surface area contributed by atoms with Gasteiger partial charge < -0.3 is 5.32 Å². The smallest absolute Gasteiger partial charge is 0.245 e. The van der Waals surface area contributed by atoms with Gasteiger partial charge in [-0.2, -0.15) is 0 Å². The van der Waals surface area contributed by atoms with Gasteiger partial charge in [0, 0.05) is 10.7 Å². The van der Waals surface area contributed by atoms with Gasteiger partial charge >= 0.3 is 0 Å². The SMILES string of the molecule is CS(=O)(=O)N(CC(=O)Nc1cccc(F)c1)c1ccc(Cl)cc1. The Morgan fingerprint density at radius 2 is 1.87 bits per heavy atom. The fourth-order valence-corrected chi connectivity index (χ4v) is 2.89. The van der Waals surface area contributed by atoms with Gasteiger partial charge in [0.05, 0.1) is 11.9 Å². The van der Waals surface area contributed by atoms with Gasteiger partial charge in [-0.15, -0.1) is 0 Å². The van der Waals surface area contributed by atoms with Crippen LogP contribution in [0.1, 0.15) is 0 Å². The Kier molecular flexibility index (Phi) is 5.23. The second-order valence-electron chi connectivity index (χ2n) is 4.80. The first kappa shape index (κ1) is 17.2. The number of sulfonamides is 1. The molecule has 1 N–H and O–H groups in total. The lowest BCUT2D eigenvalue weighted by molar-refractivity contribution is -0.114. The van der Waals surface area contributed by atoms with Crippen LogP contribution in [0.4, 0.5) is 15.8 Å². The molecular formula is C15H14ClFN2O3S. The molecule has 0 bridgehead atoms. The fraction of sp³-hybridized carbons (Fsp3) is 0.133. The lowest BCUT2D eigenvalue weighted by Crippen LogP contribution is -2.37. The molecule has 122 valence electrons. The number of benzene rings is 2. The summed E-state index contributed by atoms with van der Waals surface area (Å²) in [5.41, 5.74) is 0.561. The zero-order valence-electron chi connectivity index (χ0n) is 12.2. The number of nitrogens with zero attached hydrogens (tertiary/aromatic N) is 1. The van der Waals surface area contributed by atoms with Gasteiger partial charge in [-0.1, -0.05) is 17.7 Å². The molecule has 1 amide bonds. The molecule has 5 nitrogen and oxygen atoms in total. The van der Waals surface area contributed by atoms with Crippen molar-refractivity contribution in [1.82, 2.24) is 0 Å². The van der Waals surface area contributed by atoms with E-state index in [1.54, 1.807) is 0 Å². The van der Waals surface area contributed by atoms with E-state index in [0.717, 1.165) is 16.6 Å². The van der Waals surface area contributed by atoms with Crippen LogP contribution >= 0.6 is 11.6 Å². The van der Waals surface area contributed by atoms with Crippen molar-refractivity contribution in [1.29, 1.82) is 0 Å². The van der Waals surface area contributed by atoms with Gasteiger partial charge in [0.15, 0.2) is 0 Å². The van der Waals surface area contributed by atoms with Crippen molar-refractivity contribution in [3.05, 3.63) is 59.4 Å². The van der Waals surface area contributed by atoms with Crippen molar-refractivity contribution in [2.45, 2.75) is 0 Å². The number of halogens is 2. The van der Waals surface area contributed by atoms with Crippen molar-refractivity contribution in [3.8, 4) is 0 Å². The van der Waals surface area contributed by atoms with Crippen LogP contribution in [-0.4, -0.2) is 27.1 Å². The van der Waals surface area contributed by atoms with Crippen molar-refractivity contribution in [2.24, 2.45) is 0 Å². The predicted octanol–water partition coefficient (Wildman–Crippen LogP) is 2.88. The average molecular weight is 357 g/mol. The summed E-state index contributed by atoms with van der Waals surface area (Å²) in [6, 6.07) is 11.4. The van der Waals surface area contributed by atoms with E-state index in [-0.39, 0.29) is 5.69 Å². The Labute approximate surface area is 138 Å². The Balaban J connectivity index is 2.18. The lowest BCUT2D eigenvalue weighted by Gasteiger charge is -2.22. The Bertz CT molecular complexity index is 810. The largest absolute Gasteiger partial charge is 0.324 e. The minimum Gasteiger partial charge on any atom is -0.324 e. The van der Waals surface area contributed by atoms with Gasteiger partial charge in [0.1, 0.15) is 12.4 Å². The lowest BCUT2D eigenvalue weighted by atomic mass is 10.3. The molecule has 2 aromatic rings. The number of rotatable bonds is 5. The average Bonchev–Trinajstić information content (AvgIpc) is 2.45. The van der Waals surface area contributed by atoms with Gasteiger partial charge in [-0.25, -0.2) is 12.8 Å². The van der Waals surface area contributed by atoms with Gasteiger partial charge in [-0.3, -0.25) is 9.10 Å². The third kappa shape index (κ3) is 4.94. The van der Waals surface area contributed by atoms with Gasteiger partial charge in [-0.05, 0) is 42.5 Å². The quantitative estimate of drug-likeness (QED) is 0.895. The second kappa shape index (κ2) is 6.97. The molecule has 2 rings (SSSR count). The number of carbonyl (C=O) groups excluding carboxylic acids is 1. The maximum Gasteiger partial charge on any atom is 0.245 e. The molecule has 0 fully saturated rings. The summed E-state index contributed by atoms with van der Waals surface area (Å²) >= 11 is 5.78. The van der Waals surface area contributed by atoms with Crippen LogP contribution in [0.25, 0.3) is 0 Å². The topological polar surface area (TPSA) is 66.5 Å². The van der Waals surface area contributed by atoms with Gasteiger partial charge in [0.2, 0.25) is 15.9 Å². The van der Waals surface area contributed by atoms with Crippen LogP contribution in [0, 0.1) is 5.82 Å². The highest BCUT2D eigenvalue weighted by Crippen LogP contribution is 2.20. The van der Waals surface area contributed by atoms with Crippen LogP contribution in [0.15, 0.2) is 48.5 Å². The molecule has 8 heteroatoms. The van der Waals surface area contributed by atoms with Crippen LogP contribution in [0.3, 0.4) is 0 Å². The number of anilines is 2. The Morgan fingerprint density at radius 1 is 1.22 bits per heavy atom. The van der Waals surface area contributed by atoms with Crippen LogP contribution in [0.5, 0.6) is 0 Å². The van der Waals surface area contributed by atoms with Crippen molar-refractivity contribution >= 4 is 38.9 Å². The van der Waals surface area contributed by atoms with E-state index < -0.39 is 28.3 Å². The Morgan fingerprint density at radius 3 is 2.43 bits per heavy atom. The molecule has 0 saturated heterocycles. The molecule has 0 aliphatic rings. The highest BCUT2D eigenvalue weighted by Gasteiger charge is 2.20. The molecule has 0 saturated carbocycles. The van der Waals surface area contributed by atoms with Crippen LogP contribution < -0.4 is 9.62 Å².